The molecule has 3 rings (SSSR count). The SMILES string of the molecule is N/C(Cc1ccccc1)=N\OCc1cc(Cl)c2c(c1)OCO2. The number of hydrogen-bond acceptors (Lipinski definition) is 4. The number of nitrogens with zero attached hydrogens (tertiary/aromatic N) is 1. The van der Waals surface area contributed by atoms with Gasteiger partial charge in [0.25, 0.3) is 0 Å². The molecule has 2 aromatic rings. The van der Waals surface area contributed by atoms with E-state index in [1.807, 2.05) is 36.4 Å². The van der Waals surface area contributed by atoms with Gasteiger partial charge >= 0.3 is 0 Å². The van der Waals surface area contributed by atoms with E-state index in [1.54, 1.807) is 6.07 Å². The van der Waals surface area contributed by atoms with Gasteiger partial charge in [0.1, 0.15) is 12.4 Å². The number of nitrogens with two attached hydrogens (primary N) is 1. The predicted molar refractivity (Wildman–Crippen MR) is 84.1 cm³/mol. The molecule has 2 aromatic carbocycles. The maximum atomic E-state index is 6.10. The Hall–Kier alpha value is -2.40. The van der Waals surface area contributed by atoms with Crippen LogP contribution < -0.4 is 15.2 Å². The molecule has 5 nitrogen and oxygen atoms in total. The van der Waals surface area contributed by atoms with Crippen LogP contribution in [-0.4, -0.2) is 12.6 Å². The number of amidine groups is 1. The number of oxime groups is 1. The first-order valence-corrected chi connectivity index (χ1v) is 7.16. The molecule has 0 saturated heterocycles. The zero-order valence-corrected chi connectivity index (χ0v) is 12.5. The summed E-state index contributed by atoms with van der Waals surface area (Å²) in [5.41, 5.74) is 7.76. The second-order valence-corrected chi connectivity index (χ2v) is 5.24. The molecule has 114 valence electrons. The fourth-order valence-electron chi connectivity index (χ4n) is 2.13. The fourth-order valence-corrected chi connectivity index (χ4v) is 2.42. The monoisotopic (exact) mass is 318 g/mol. The van der Waals surface area contributed by atoms with Crippen molar-refractivity contribution in [3.63, 3.8) is 0 Å². The number of ether oxygens (including phenoxy) is 2. The minimum Gasteiger partial charge on any atom is -0.454 e. The van der Waals surface area contributed by atoms with Gasteiger partial charge in [0.05, 0.1) is 5.02 Å². The summed E-state index contributed by atoms with van der Waals surface area (Å²) in [6, 6.07) is 13.4. The van der Waals surface area contributed by atoms with Gasteiger partial charge in [-0.15, -0.1) is 0 Å². The molecule has 6 heteroatoms. The van der Waals surface area contributed by atoms with Crippen LogP contribution >= 0.6 is 11.6 Å². The minimum absolute atomic E-state index is 0.182. The first-order chi connectivity index (χ1) is 10.7. The lowest BCUT2D eigenvalue weighted by molar-refractivity contribution is 0.129. The van der Waals surface area contributed by atoms with Crippen molar-refractivity contribution in [1.29, 1.82) is 0 Å². The van der Waals surface area contributed by atoms with E-state index in [1.165, 1.54) is 0 Å². The Morgan fingerprint density at radius 2 is 2.00 bits per heavy atom. The Morgan fingerprint density at radius 1 is 1.18 bits per heavy atom. The van der Waals surface area contributed by atoms with E-state index in [-0.39, 0.29) is 13.4 Å². The highest BCUT2D eigenvalue weighted by molar-refractivity contribution is 6.32. The molecule has 0 aromatic heterocycles. The average molecular weight is 319 g/mol. The van der Waals surface area contributed by atoms with Crippen molar-refractivity contribution in [1.82, 2.24) is 0 Å². The average Bonchev–Trinajstić information content (AvgIpc) is 2.97. The maximum absolute atomic E-state index is 6.10. The normalized spacial score (nSPS) is 13.2. The van der Waals surface area contributed by atoms with Crippen molar-refractivity contribution < 1.29 is 14.3 Å². The summed E-state index contributed by atoms with van der Waals surface area (Å²) in [5, 5.41) is 4.41. The van der Waals surface area contributed by atoms with Crippen molar-refractivity contribution in [3.8, 4) is 11.5 Å². The maximum Gasteiger partial charge on any atom is 0.231 e. The molecular formula is C16H15ClN2O3. The second kappa shape index (κ2) is 6.58. The van der Waals surface area contributed by atoms with Gasteiger partial charge in [-0.1, -0.05) is 47.1 Å². The van der Waals surface area contributed by atoms with Crippen LogP contribution in [0.2, 0.25) is 5.02 Å². The first-order valence-electron chi connectivity index (χ1n) is 6.78. The third-order valence-corrected chi connectivity index (χ3v) is 3.41. The third-order valence-electron chi connectivity index (χ3n) is 3.13. The topological polar surface area (TPSA) is 66.1 Å². The Balaban J connectivity index is 1.59. The van der Waals surface area contributed by atoms with Gasteiger partial charge in [-0.3, -0.25) is 0 Å². The zero-order valence-electron chi connectivity index (χ0n) is 11.8. The van der Waals surface area contributed by atoms with Crippen LogP contribution in [-0.2, 0) is 17.9 Å². The molecule has 0 atom stereocenters. The predicted octanol–water partition coefficient (Wildman–Crippen LogP) is 3.10. The Morgan fingerprint density at radius 3 is 2.82 bits per heavy atom. The van der Waals surface area contributed by atoms with E-state index in [0.29, 0.717) is 28.8 Å². The quantitative estimate of drug-likeness (QED) is 0.522. The molecule has 0 aliphatic carbocycles. The molecule has 22 heavy (non-hydrogen) atoms. The highest BCUT2D eigenvalue weighted by Crippen LogP contribution is 2.39. The molecule has 0 unspecified atom stereocenters. The van der Waals surface area contributed by atoms with Gasteiger partial charge in [-0.2, -0.15) is 0 Å². The third kappa shape index (κ3) is 3.43. The summed E-state index contributed by atoms with van der Waals surface area (Å²) in [6.45, 7) is 0.438. The molecule has 2 N–H and O–H groups in total. The van der Waals surface area contributed by atoms with E-state index < -0.39 is 0 Å². The van der Waals surface area contributed by atoms with Crippen LogP contribution in [0, 0.1) is 0 Å². The molecule has 1 heterocycles. The van der Waals surface area contributed by atoms with Crippen molar-refractivity contribution in [2.45, 2.75) is 13.0 Å². The molecule has 0 radical (unpaired) electrons. The summed E-state index contributed by atoms with van der Waals surface area (Å²) in [5.74, 6) is 1.60. The van der Waals surface area contributed by atoms with E-state index in [0.717, 1.165) is 11.1 Å². The van der Waals surface area contributed by atoms with Gasteiger partial charge in [0.2, 0.25) is 6.79 Å². The first kappa shape index (κ1) is 14.5. The Kier molecular flexibility index (Phi) is 4.34. The van der Waals surface area contributed by atoms with Crippen molar-refractivity contribution in [2.75, 3.05) is 6.79 Å². The van der Waals surface area contributed by atoms with Gasteiger partial charge in [-0.25, -0.2) is 0 Å². The number of benzene rings is 2. The molecule has 0 fully saturated rings. The molecule has 1 aliphatic heterocycles. The number of halogens is 1. The summed E-state index contributed by atoms with van der Waals surface area (Å²) >= 11 is 6.10. The van der Waals surface area contributed by atoms with E-state index >= 15 is 0 Å². The van der Waals surface area contributed by atoms with Gasteiger partial charge < -0.3 is 20.0 Å². The van der Waals surface area contributed by atoms with Crippen LogP contribution in [0.15, 0.2) is 47.6 Å². The lowest BCUT2D eigenvalue weighted by atomic mass is 10.1. The lowest BCUT2D eigenvalue weighted by Gasteiger charge is -2.05. The van der Waals surface area contributed by atoms with Crippen LogP contribution in [0.1, 0.15) is 11.1 Å². The summed E-state index contributed by atoms with van der Waals surface area (Å²) in [6.07, 6.45) is 0.544. The minimum atomic E-state index is 0.182. The second-order valence-electron chi connectivity index (χ2n) is 4.83. The highest BCUT2D eigenvalue weighted by atomic mass is 35.5. The molecular weight excluding hydrogens is 304 g/mol. The largest absolute Gasteiger partial charge is 0.454 e. The van der Waals surface area contributed by atoms with E-state index in [2.05, 4.69) is 5.16 Å². The standard InChI is InChI=1S/C16H15ClN2O3/c17-13-6-12(7-14-16(13)21-10-20-14)9-22-19-15(18)8-11-4-2-1-3-5-11/h1-7H,8-10H2,(H2,18,19). The van der Waals surface area contributed by atoms with Crippen molar-refractivity contribution in [2.24, 2.45) is 10.9 Å². The molecule has 0 saturated carbocycles. The van der Waals surface area contributed by atoms with Crippen LogP contribution in [0.3, 0.4) is 0 Å². The Bertz CT molecular complexity index is 689. The smallest absolute Gasteiger partial charge is 0.231 e. The van der Waals surface area contributed by atoms with Crippen molar-refractivity contribution in [3.05, 3.63) is 58.6 Å². The number of fused-ring (bicyclic) bond motifs is 1. The molecule has 1 aliphatic rings. The summed E-state index contributed by atoms with van der Waals surface area (Å²) in [4.78, 5) is 5.28. The van der Waals surface area contributed by atoms with Gasteiger partial charge in [0, 0.05) is 6.42 Å². The lowest BCUT2D eigenvalue weighted by Crippen LogP contribution is -2.15. The van der Waals surface area contributed by atoms with Gasteiger partial charge in [-0.05, 0) is 23.3 Å². The number of rotatable bonds is 5. The van der Waals surface area contributed by atoms with Gasteiger partial charge in [0.15, 0.2) is 11.5 Å². The molecule has 0 amide bonds. The highest BCUT2D eigenvalue weighted by Gasteiger charge is 2.18. The van der Waals surface area contributed by atoms with Crippen molar-refractivity contribution >= 4 is 17.4 Å². The Labute approximate surface area is 133 Å². The van der Waals surface area contributed by atoms with Crippen LogP contribution in [0.5, 0.6) is 11.5 Å². The van der Waals surface area contributed by atoms with Crippen LogP contribution in [0.25, 0.3) is 0 Å². The van der Waals surface area contributed by atoms with E-state index in [4.69, 9.17) is 31.6 Å². The number of hydrogen-bond donors (Lipinski definition) is 1. The molecule has 0 bridgehead atoms. The summed E-state index contributed by atoms with van der Waals surface area (Å²) in [7, 11) is 0. The fraction of sp³-hybridized carbons (Fsp3) is 0.188. The van der Waals surface area contributed by atoms with E-state index in [9.17, 15) is 0 Å². The zero-order chi connectivity index (χ0) is 15.4. The van der Waals surface area contributed by atoms with Crippen LogP contribution in [0.4, 0.5) is 0 Å². The molecule has 0 spiro atoms. The summed E-state index contributed by atoms with van der Waals surface area (Å²) < 4.78 is 10.6.